The predicted molar refractivity (Wildman–Crippen MR) is 60.5 cm³/mol. The molecule has 0 saturated heterocycles. The summed E-state index contributed by atoms with van der Waals surface area (Å²) in [6.45, 7) is 1.52. The monoisotopic (exact) mass is 233 g/mol. The number of benzene rings is 1. The largest absolute Gasteiger partial charge is 0.321 e. The van der Waals surface area contributed by atoms with E-state index in [4.69, 9.17) is 0 Å². The lowest BCUT2D eigenvalue weighted by molar-refractivity contribution is -0.432. The van der Waals surface area contributed by atoms with Crippen LogP contribution in [0, 0.1) is 10.1 Å². The maximum absolute atomic E-state index is 11.3. The van der Waals surface area contributed by atoms with Crippen LogP contribution in [0.5, 0.6) is 0 Å². The smallest absolute Gasteiger partial charge is 0.320 e. The van der Waals surface area contributed by atoms with Gasteiger partial charge >= 0.3 is 6.03 Å². The Hall–Kier alpha value is -2.37. The van der Waals surface area contributed by atoms with Crippen LogP contribution >= 0.6 is 0 Å². The second-order valence-electron chi connectivity index (χ2n) is 3.71. The van der Waals surface area contributed by atoms with E-state index in [1.165, 1.54) is 6.92 Å². The topological polar surface area (TPSA) is 84.3 Å². The lowest BCUT2D eigenvalue weighted by Gasteiger charge is -2.23. The molecule has 1 aliphatic heterocycles. The Balaban J connectivity index is 2.47. The van der Waals surface area contributed by atoms with E-state index in [0.29, 0.717) is 5.56 Å². The van der Waals surface area contributed by atoms with E-state index in [-0.39, 0.29) is 11.4 Å². The molecule has 17 heavy (non-hydrogen) atoms. The van der Waals surface area contributed by atoms with E-state index in [2.05, 4.69) is 10.6 Å². The van der Waals surface area contributed by atoms with Crippen molar-refractivity contribution in [3.05, 3.63) is 57.4 Å². The van der Waals surface area contributed by atoms with Crippen LogP contribution < -0.4 is 10.6 Å². The Kier molecular flexibility index (Phi) is 2.78. The highest BCUT2D eigenvalue weighted by atomic mass is 16.6. The predicted octanol–water partition coefficient (Wildman–Crippen LogP) is 1.55. The standard InChI is InChI=1S/C11H11N3O3/c1-7-10(14(16)17)9(13-11(15)12-7)8-5-3-2-4-6-8/h2-6,9H,1H3,(H2,12,13,15)/t9-/m0/s1. The van der Waals surface area contributed by atoms with Gasteiger partial charge in [-0.1, -0.05) is 30.3 Å². The molecule has 0 radical (unpaired) electrons. The Morgan fingerprint density at radius 3 is 2.53 bits per heavy atom. The fraction of sp³-hybridized carbons (Fsp3) is 0.182. The first-order valence-corrected chi connectivity index (χ1v) is 5.07. The molecular weight excluding hydrogens is 222 g/mol. The molecule has 2 rings (SSSR count). The summed E-state index contributed by atoms with van der Waals surface area (Å²) >= 11 is 0. The number of carbonyl (C=O) groups is 1. The van der Waals surface area contributed by atoms with Crippen LogP contribution in [-0.2, 0) is 0 Å². The minimum absolute atomic E-state index is 0.0317. The van der Waals surface area contributed by atoms with E-state index in [0.717, 1.165) is 0 Å². The minimum atomic E-state index is -0.708. The molecular formula is C11H11N3O3. The summed E-state index contributed by atoms with van der Waals surface area (Å²) in [5.74, 6) is 0. The molecule has 0 aliphatic carbocycles. The van der Waals surface area contributed by atoms with Crippen molar-refractivity contribution in [2.24, 2.45) is 0 Å². The molecule has 1 aromatic rings. The molecule has 0 aromatic heterocycles. The lowest BCUT2D eigenvalue weighted by atomic mass is 10.0. The van der Waals surface area contributed by atoms with E-state index >= 15 is 0 Å². The number of rotatable bonds is 2. The molecule has 6 nitrogen and oxygen atoms in total. The third-order valence-corrected chi connectivity index (χ3v) is 2.56. The van der Waals surface area contributed by atoms with Gasteiger partial charge in [-0.2, -0.15) is 0 Å². The summed E-state index contributed by atoms with van der Waals surface area (Å²) in [4.78, 5) is 21.9. The molecule has 1 heterocycles. The first-order valence-electron chi connectivity index (χ1n) is 5.07. The molecule has 1 aromatic carbocycles. The van der Waals surface area contributed by atoms with Gasteiger partial charge < -0.3 is 10.6 Å². The van der Waals surface area contributed by atoms with Gasteiger partial charge in [0.25, 0.3) is 5.70 Å². The molecule has 1 aliphatic rings. The first kappa shape index (κ1) is 11.1. The highest BCUT2D eigenvalue weighted by Crippen LogP contribution is 2.26. The number of amides is 2. The molecule has 1 atom stereocenters. The van der Waals surface area contributed by atoms with E-state index in [9.17, 15) is 14.9 Å². The normalized spacial score (nSPS) is 19.6. The number of nitro groups is 1. The number of nitrogens with one attached hydrogen (secondary N) is 2. The lowest BCUT2D eigenvalue weighted by Crippen LogP contribution is -2.44. The Morgan fingerprint density at radius 2 is 1.94 bits per heavy atom. The fourth-order valence-corrected chi connectivity index (χ4v) is 1.82. The van der Waals surface area contributed by atoms with Gasteiger partial charge in [0.15, 0.2) is 0 Å². The van der Waals surface area contributed by atoms with E-state index < -0.39 is 17.0 Å². The quantitative estimate of drug-likeness (QED) is 0.600. The van der Waals surface area contributed by atoms with Crippen LogP contribution in [0.1, 0.15) is 18.5 Å². The van der Waals surface area contributed by atoms with Crippen molar-refractivity contribution in [3.8, 4) is 0 Å². The van der Waals surface area contributed by atoms with Gasteiger partial charge in [0.2, 0.25) is 0 Å². The van der Waals surface area contributed by atoms with Gasteiger partial charge in [0.05, 0.1) is 10.6 Å². The highest BCUT2D eigenvalue weighted by Gasteiger charge is 2.34. The van der Waals surface area contributed by atoms with Gasteiger partial charge in [0, 0.05) is 0 Å². The number of hydrogen-bond donors (Lipinski definition) is 2. The Labute approximate surface area is 97.5 Å². The number of hydrogen-bond acceptors (Lipinski definition) is 3. The summed E-state index contributed by atoms with van der Waals surface area (Å²) in [7, 11) is 0. The molecule has 0 saturated carbocycles. The van der Waals surface area contributed by atoms with Crippen LogP contribution in [0.4, 0.5) is 4.79 Å². The zero-order chi connectivity index (χ0) is 12.4. The van der Waals surface area contributed by atoms with Gasteiger partial charge in [0.1, 0.15) is 6.04 Å². The zero-order valence-corrected chi connectivity index (χ0v) is 9.14. The van der Waals surface area contributed by atoms with Crippen LogP contribution in [-0.4, -0.2) is 11.0 Å². The fourth-order valence-electron chi connectivity index (χ4n) is 1.82. The van der Waals surface area contributed by atoms with Crippen molar-refractivity contribution in [3.63, 3.8) is 0 Å². The Bertz CT molecular complexity index is 496. The molecule has 2 amide bonds. The number of carbonyl (C=O) groups excluding carboxylic acids is 1. The second kappa shape index (κ2) is 4.25. The van der Waals surface area contributed by atoms with Gasteiger partial charge in [-0.15, -0.1) is 0 Å². The van der Waals surface area contributed by atoms with Crippen LogP contribution in [0.2, 0.25) is 0 Å². The molecule has 0 fully saturated rings. The van der Waals surface area contributed by atoms with Gasteiger partial charge in [-0.05, 0) is 12.5 Å². The summed E-state index contributed by atoms with van der Waals surface area (Å²) in [6.07, 6.45) is 0. The van der Waals surface area contributed by atoms with Crippen molar-refractivity contribution in [2.75, 3.05) is 0 Å². The van der Waals surface area contributed by atoms with E-state index in [1.807, 2.05) is 6.07 Å². The number of nitrogens with zero attached hydrogens (tertiary/aromatic N) is 1. The first-order chi connectivity index (χ1) is 8.09. The molecule has 88 valence electrons. The highest BCUT2D eigenvalue weighted by molar-refractivity contribution is 5.78. The van der Waals surface area contributed by atoms with Crippen molar-refractivity contribution in [1.82, 2.24) is 10.6 Å². The number of allylic oxidation sites excluding steroid dienone is 1. The average Bonchev–Trinajstić information content (AvgIpc) is 2.28. The summed E-state index contributed by atoms with van der Waals surface area (Å²) < 4.78 is 0. The number of urea groups is 1. The Morgan fingerprint density at radius 1 is 1.29 bits per heavy atom. The average molecular weight is 233 g/mol. The molecule has 6 heteroatoms. The summed E-state index contributed by atoms with van der Waals surface area (Å²) in [5.41, 5.74) is 0.928. The summed E-state index contributed by atoms with van der Waals surface area (Å²) in [5, 5.41) is 16.0. The summed E-state index contributed by atoms with van der Waals surface area (Å²) in [6, 6.07) is 7.71. The van der Waals surface area contributed by atoms with Crippen molar-refractivity contribution >= 4 is 6.03 Å². The second-order valence-corrected chi connectivity index (χ2v) is 3.71. The van der Waals surface area contributed by atoms with Crippen molar-refractivity contribution in [1.29, 1.82) is 0 Å². The molecule has 2 N–H and O–H groups in total. The van der Waals surface area contributed by atoms with Crippen molar-refractivity contribution < 1.29 is 9.72 Å². The molecule has 0 spiro atoms. The van der Waals surface area contributed by atoms with Gasteiger partial charge in [-0.3, -0.25) is 10.1 Å². The molecule has 0 unspecified atom stereocenters. The van der Waals surface area contributed by atoms with Crippen LogP contribution in [0.25, 0.3) is 0 Å². The third-order valence-electron chi connectivity index (χ3n) is 2.56. The van der Waals surface area contributed by atoms with Crippen LogP contribution in [0.15, 0.2) is 41.7 Å². The third kappa shape index (κ3) is 2.10. The van der Waals surface area contributed by atoms with E-state index in [1.54, 1.807) is 24.3 Å². The molecule has 0 bridgehead atoms. The maximum atomic E-state index is 11.3. The van der Waals surface area contributed by atoms with Gasteiger partial charge in [-0.25, -0.2) is 4.79 Å². The maximum Gasteiger partial charge on any atom is 0.320 e. The SMILES string of the molecule is CC1=C([N+](=O)[O-])[C@H](c2ccccc2)NC(=O)N1. The van der Waals surface area contributed by atoms with Crippen molar-refractivity contribution in [2.45, 2.75) is 13.0 Å². The minimum Gasteiger partial charge on any atom is -0.321 e. The zero-order valence-electron chi connectivity index (χ0n) is 9.14. The van der Waals surface area contributed by atoms with Crippen LogP contribution in [0.3, 0.4) is 0 Å².